The third-order valence-electron chi connectivity index (χ3n) is 4.42. The van der Waals surface area contributed by atoms with E-state index < -0.39 is 11.9 Å². The third kappa shape index (κ3) is 5.40. The van der Waals surface area contributed by atoms with Crippen molar-refractivity contribution in [2.45, 2.75) is 6.92 Å². The van der Waals surface area contributed by atoms with Gasteiger partial charge in [-0.25, -0.2) is 14.8 Å². The summed E-state index contributed by atoms with van der Waals surface area (Å²) in [4.78, 5) is 33.0. The summed E-state index contributed by atoms with van der Waals surface area (Å²) in [5.41, 5.74) is 3.85. The van der Waals surface area contributed by atoms with Crippen molar-refractivity contribution in [1.82, 2.24) is 9.97 Å². The highest BCUT2D eigenvalue weighted by molar-refractivity contribution is 7.09. The summed E-state index contributed by atoms with van der Waals surface area (Å²) in [7, 11) is 0. The number of rotatable bonds is 6. The quantitative estimate of drug-likeness (QED) is 0.350. The van der Waals surface area contributed by atoms with Gasteiger partial charge in [0.1, 0.15) is 0 Å². The van der Waals surface area contributed by atoms with Crippen molar-refractivity contribution in [3.63, 3.8) is 0 Å². The van der Waals surface area contributed by atoms with Gasteiger partial charge in [0.2, 0.25) is 0 Å². The van der Waals surface area contributed by atoms with Crippen LogP contribution in [0, 0.1) is 6.92 Å². The molecule has 1 N–H and O–H groups in total. The number of ether oxygens (including phenoxy) is 1. The monoisotopic (exact) mass is 429 g/mol. The lowest BCUT2D eigenvalue weighted by Crippen LogP contribution is -2.20. The van der Waals surface area contributed by atoms with Gasteiger partial charge in [-0.1, -0.05) is 36.4 Å². The number of para-hydroxylation sites is 1. The van der Waals surface area contributed by atoms with Crippen LogP contribution in [0.2, 0.25) is 0 Å². The molecule has 0 spiro atoms. The summed E-state index contributed by atoms with van der Waals surface area (Å²) in [6, 6.07) is 18.8. The van der Waals surface area contributed by atoms with Crippen LogP contribution in [0.3, 0.4) is 0 Å². The Morgan fingerprint density at radius 3 is 2.77 bits per heavy atom. The standard InChI is InChI=1S/C24H19N3O3S/c1-16-25-22(15-31-16)18-6-4-7-20(13-18)27-23(28)14-30-24(29)12-11-19-10-9-17-5-2-3-8-21(17)26-19/h2-13,15H,14H2,1H3,(H,27,28)/b12-11+. The van der Waals surface area contributed by atoms with Crippen LogP contribution in [0.4, 0.5) is 5.69 Å². The van der Waals surface area contributed by atoms with Gasteiger partial charge in [0.25, 0.3) is 5.91 Å². The van der Waals surface area contributed by atoms with E-state index in [0.29, 0.717) is 11.4 Å². The van der Waals surface area contributed by atoms with E-state index in [1.807, 2.05) is 66.9 Å². The highest BCUT2D eigenvalue weighted by Crippen LogP contribution is 2.24. The first-order chi connectivity index (χ1) is 15.1. The summed E-state index contributed by atoms with van der Waals surface area (Å²) in [5, 5.41) is 6.69. The number of benzene rings is 2. The van der Waals surface area contributed by atoms with Crippen molar-refractivity contribution in [2.24, 2.45) is 0 Å². The average Bonchev–Trinajstić information content (AvgIpc) is 3.22. The molecule has 2 heterocycles. The second-order valence-electron chi connectivity index (χ2n) is 6.75. The Balaban J connectivity index is 1.31. The number of anilines is 1. The number of aromatic nitrogens is 2. The van der Waals surface area contributed by atoms with Crippen molar-refractivity contribution in [1.29, 1.82) is 0 Å². The molecule has 0 unspecified atom stereocenters. The molecule has 0 bridgehead atoms. The van der Waals surface area contributed by atoms with E-state index in [4.69, 9.17) is 4.74 Å². The molecule has 154 valence electrons. The number of thiazole rings is 1. The smallest absolute Gasteiger partial charge is 0.331 e. The summed E-state index contributed by atoms with van der Waals surface area (Å²) in [6.45, 7) is 1.56. The van der Waals surface area contributed by atoms with E-state index in [1.165, 1.54) is 6.08 Å². The maximum absolute atomic E-state index is 12.2. The van der Waals surface area contributed by atoms with E-state index in [-0.39, 0.29) is 6.61 Å². The molecular weight excluding hydrogens is 410 g/mol. The number of carbonyl (C=O) groups excluding carboxylic acids is 2. The first kappa shape index (κ1) is 20.4. The molecule has 0 saturated heterocycles. The number of nitrogens with zero attached hydrogens (tertiary/aromatic N) is 2. The third-order valence-corrected chi connectivity index (χ3v) is 5.19. The second-order valence-corrected chi connectivity index (χ2v) is 7.81. The summed E-state index contributed by atoms with van der Waals surface area (Å²) in [6.07, 6.45) is 2.82. The summed E-state index contributed by atoms with van der Waals surface area (Å²) in [5.74, 6) is -1.03. The van der Waals surface area contributed by atoms with Crippen LogP contribution >= 0.6 is 11.3 Å². The van der Waals surface area contributed by atoms with Crippen LogP contribution in [-0.4, -0.2) is 28.5 Å². The Morgan fingerprint density at radius 2 is 1.94 bits per heavy atom. The lowest BCUT2D eigenvalue weighted by atomic mass is 10.1. The molecule has 0 fully saturated rings. The van der Waals surface area contributed by atoms with Gasteiger partial charge in [0, 0.05) is 28.1 Å². The molecule has 0 aliphatic rings. The minimum Gasteiger partial charge on any atom is -0.452 e. The van der Waals surface area contributed by atoms with E-state index in [0.717, 1.165) is 27.2 Å². The number of hydrogen-bond acceptors (Lipinski definition) is 6. The van der Waals surface area contributed by atoms with Crippen LogP contribution in [0.25, 0.3) is 28.2 Å². The number of pyridine rings is 1. The van der Waals surface area contributed by atoms with Crippen molar-refractivity contribution >= 4 is 45.9 Å². The number of amides is 1. The Kier molecular flexibility index (Phi) is 6.14. The fourth-order valence-electron chi connectivity index (χ4n) is 2.96. The molecule has 31 heavy (non-hydrogen) atoms. The normalized spacial score (nSPS) is 11.0. The van der Waals surface area contributed by atoms with Gasteiger partial charge in [-0.3, -0.25) is 4.79 Å². The molecule has 6 nitrogen and oxygen atoms in total. The molecule has 0 atom stereocenters. The van der Waals surface area contributed by atoms with Gasteiger partial charge in [0.15, 0.2) is 6.61 Å². The zero-order valence-corrected chi connectivity index (χ0v) is 17.6. The lowest BCUT2D eigenvalue weighted by molar-refractivity contribution is -0.142. The number of esters is 1. The number of fused-ring (bicyclic) bond motifs is 1. The maximum atomic E-state index is 12.2. The first-order valence-electron chi connectivity index (χ1n) is 9.60. The van der Waals surface area contributed by atoms with Gasteiger partial charge in [0.05, 0.1) is 21.9 Å². The zero-order chi connectivity index (χ0) is 21.6. The average molecular weight is 430 g/mol. The zero-order valence-electron chi connectivity index (χ0n) is 16.7. The van der Waals surface area contributed by atoms with Gasteiger partial charge in [-0.2, -0.15) is 0 Å². The van der Waals surface area contributed by atoms with Crippen molar-refractivity contribution in [2.75, 3.05) is 11.9 Å². The maximum Gasteiger partial charge on any atom is 0.331 e. The van der Waals surface area contributed by atoms with Crippen LogP contribution in [0.5, 0.6) is 0 Å². The SMILES string of the molecule is Cc1nc(-c2cccc(NC(=O)COC(=O)/C=C/c3ccc4ccccc4n3)c2)cs1. The van der Waals surface area contributed by atoms with Crippen LogP contribution in [0.15, 0.2) is 72.1 Å². The molecule has 4 rings (SSSR count). The molecule has 0 radical (unpaired) electrons. The van der Waals surface area contributed by atoms with Crippen LogP contribution in [-0.2, 0) is 14.3 Å². The van der Waals surface area contributed by atoms with Crippen LogP contribution < -0.4 is 5.32 Å². The second kappa shape index (κ2) is 9.32. The number of hydrogen-bond donors (Lipinski definition) is 1. The molecule has 2 aromatic carbocycles. The van der Waals surface area contributed by atoms with Gasteiger partial charge in [-0.05, 0) is 37.3 Å². The molecule has 0 saturated carbocycles. The molecule has 4 aromatic rings. The van der Waals surface area contributed by atoms with Crippen molar-refractivity contribution < 1.29 is 14.3 Å². The predicted octanol–water partition coefficient (Wildman–Crippen LogP) is 4.86. The minimum atomic E-state index is -0.614. The predicted molar refractivity (Wildman–Crippen MR) is 123 cm³/mol. The number of carbonyl (C=O) groups is 2. The number of nitrogens with one attached hydrogen (secondary N) is 1. The fourth-order valence-corrected chi connectivity index (χ4v) is 3.58. The van der Waals surface area contributed by atoms with Gasteiger partial charge in [-0.15, -0.1) is 11.3 Å². The van der Waals surface area contributed by atoms with Gasteiger partial charge >= 0.3 is 5.97 Å². The van der Waals surface area contributed by atoms with E-state index in [1.54, 1.807) is 23.5 Å². The van der Waals surface area contributed by atoms with E-state index in [9.17, 15) is 9.59 Å². The summed E-state index contributed by atoms with van der Waals surface area (Å²) >= 11 is 1.57. The van der Waals surface area contributed by atoms with Crippen LogP contribution in [0.1, 0.15) is 10.7 Å². The fraction of sp³-hybridized carbons (Fsp3) is 0.0833. The largest absolute Gasteiger partial charge is 0.452 e. The molecule has 0 aliphatic heterocycles. The highest BCUT2D eigenvalue weighted by Gasteiger charge is 2.08. The molecule has 0 aliphatic carbocycles. The van der Waals surface area contributed by atoms with Gasteiger partial charge < -0.3 is 10.1 Å². The molecule has 2 aromatic heterocycles. The Hall–Kier alpha value is -3.84. The Morgan fingerprint density at radius 1 is 1.06 bits per heavy atom. The van der Waals surface area contributed by atoms with E-state index >= 15 is 0 Å². The van der Waals surface area contributed by atoms with Crippen molar-refractivity contribution in [3.05, 3.63) is 82.8 Å². The summed E-state index contributed by atoms with van der Waals surface area (Å²) < 4.78 is 5.03. The topological polar surface area (TPSA) is 81.2 Å². The highest BCUT2D eigenvalue weighted by atomic mass is 32.1. The lowest BCUT2D eigenvalue weighted by Gasteiger charge is -2.07. The van der Waals surface area contributed by atoms with Crippen molar-refractivity contribution in [3.8, 4) is 11.3 Å². The van der Waals surface area contributed by atoms with E-state index in [2.05, 4.69) is 15.3 Å². The molecule has 1 amide bonds. The molecular formula is C24H19N3O3S. The Labute approximate surface area is 183 Å². The first-order valence-corrected chi connectivity index (χ1v) is 10.5. The molecule has 7 heteroatoms. The number of aryl methyl sites for hydroxylation is 1. The Bertz CT molecular complexity index is 1280. The minimum absolute atomic E-state index is 0.381.